The summed E-state index contributed by atoms with van der Waals surface area (Å²) in [4.78, 5) is 23.8. The Labute approximate surface area is 210 Å². The number of nitrogens with zero attached hydrogens (tertiary/aromatic N) is 3. The van der Waals surface area contributed by atoms with Gasteiger partial charge in [0.25, 0.3) is 0 Å². The van der Waals surface area contributed by atoms with Crippen LogP contribution in [0.1, 0.15) is 43.4 Å². The number of pyridine rings is 1. The van der Waals surface area contributed by atoms with Crippen molar-refractivity contribution in [2.24, 2.45) is 0 Å². The number of ether oxygens (including phenoxy) is 2. The van der Waals surface area contributed by atoms with Crippen LogP contribution in [0.3, 0.4) is 0 Å². The third kappa shape index (κ3) is 6.11. The van der Waals surface area contributed by atoms with Gasteiger partial charge in [-0.15, -0.1) is 0 Å². The smallest absolute Gasteiger partial charge is 0.244 e. The number of anilines is 2. The monoisotopic (exact) mass is 484 g/mol. The molecule has 1 aromatic heterocycles. The molecule has 36 heavy (non-hydrogen) atoms. The van der Waals surface area contributed by atoms with Crippen molar-refractivity contribution in [1.82, 2.24) is 10.5 Å². The van der Waals surface area contributed by atoms with E-state index in [0.717, 1.165) is 41.5 Å². The Morgan fingerprint density at radius 1 is 1.25 bits per heavy atom. The molecule has 1 N–H and O–H groups in total. The summed E-state index contributed by atoms with van der Waals surface area (Å²) in [6.07, 6.45) is 3.02. The van der Waals surface area contributed by atoms with Crippen molar-refractivity contribution in [3.8, 4) is 23.7 Å². The Kier molecular flexibility index (Phi) is 8.36. The summed E-state index contributed by atoms with van der Waals surface area (Å²) < 4.78 is 10.9. The van der Waals surface area contributed by atoms with Crippen LogP contribution in [-0.2, 0) is 14.4 Å². The van der Waals surface area contributed by atoms with Crippen LogP contribution in [0, 0.1) is 23.2 Å². The zero-order chi connectivity index (χ0) is 25.3. The van der Waals surface area contributed by atoms with Gasteiger partial charge in [0.1, 0.15) is 17.5 Å². The van der Waals surface area contributed by atoms with Crippen molar-refractivity contribution in [2.45, 2.75) is 38.4 Å². The predicted octanol–water partition coefficient (Wildman–Crippen LogP) is 4.59. The number of benzene rings is 2. The summed E-state index contributed by atoms with van der Waals surface area (Å²) in [7, 11) is 3.53. The number of aromatic nitrogens is 1. The van der Waals surface area contributed by atoms with Gasteiger partial charge in [-0.3, -0.25) is 4.79 Å². The second-order valence-corrected chi connectivity index (χ2v) is 8.34. The SMILES string of the molecule is COc1ccc(N(C)c2cc(C#N)nc3ccccc23)cc1C#CCCC(=O)NOC1CCCCO1. The topological polar surface area (TPSA) is 96.7 Å². The van der Waals surface area contributed by atoms with E-state index in [2.05, 4.69) is 28.4 Å². The maximum atomic E-state index is 12.1. The predicted molar refractivity (Wildman–Crippen MR) is 136 cm³/mol. The highest BCUT2D eigenvalue weighted by Crippen LogP contribution is 2.33. The fourth-order valence-electron chi connectivity index (χ4n) is 3.95. The van der Waals surface area contributed by atoms with Gasteiger partial charge in [-0.25, -0.2) is 15.3 Å². The van der Waals surface area contributed by atoms with Crippen molar-refractivity contribution < 1.29 is 19.1 Å². The third-order valence-electron chi connectivity index (χ3n) is 5.88. The van der Waals surface area contributed by atoms with E-state index in [9.17, 15) is 10.1 Å². The van der Waals surface area contributed by atoms with Crippen LogP contribution in [-0.4, -0.2) is 37.9 Å². The lowest BCUT2D eigenvalue weighted by molar-refractivity contribution is -0.200. The van der Waals surface area contributed by atoms with Gasteiger partial charge in [0.15, 0.2) is 6.29 Å². The van der Waals surface area contributed by atoms with Crippen LogP contribution < -0.4 is 15.1 Å². The van der Waals surface area contributed by atoms with E-state index in [1.165, 1.54) is 0 Å². The van der Waals surface area contributed by atoms with Crippen LogP contribution in [0.15, 0.2) is 48.5 Å². The number of carbonyl (C=O) groups is 1. The van der Waals surface area contributed by atoms with Gasteiger partial charge < -0.3 is 14.4 Å². The van der Waals surface area contributed by atoms with E-state index in [-0.39, 0.29) is 18.6 Å². The molecule has 8 heteroatoms. The summed E-state index contributed by atoms with van der Waals surface area (Å²) in [5.74, 6) is 6.57. The van der Waals surface area contributed by atoms with E-state index >= 15 is 0 Å². The number of rotatable bonds is 7. The molecule has 2 aromatic carbocycles. The lowest BCUT2D eigenvalue weighted by atomic mass is 10.1. The first-order valence-corrected chi connectivity index (χ1v) is 11.9. The summed E-state index contributed by atoms with van der Waals surface area (Å²) in [6.45, 7) is 0.652. The first-order chi connectivity index (χ1) is 17.6. The Bertz CT molecular complexity index is 1330. The van der Waals surface area contributed by atoms with Gasteiger partial charge >= 0.3 is 0 Å². The van der Waals surface area contributed by atoms with E-state index in [1.54, 1.807) is 13.2 Å². The van der Waals surface area contributed by atoms with E-state index in [0.29, 0.717) is 30.0 Å². The zero-order valence-electron chi connectivity index (χ0n) is 20.4. The Hall–Kier alpha value is -4.11. The quantitative estimate of drug-likeness (QED) is 0.387. The number of amides is 1. The molecule has 1 atom stereocenters. The number of fused-ring (bicyclic) bond motifs is 1. The van der Waals surface area contributed by atoms with E-state index in [1.807, 2.05) is 54.4 Å². The lowest BCUT2D eigenvalue weighted by Crippen LogP contribution is -2.32. The number of nitriles is 1. The second-order valence-electron chi connectivity index (χ2n) is 8.34. The van der Waals surface area contributed by atoms with Crippen molar-refractivity contribution in [3.05, 3.63) is 59.8 Å². The van der Waals surface area contributed by atoms with Gasteiger partial charge in [-0.2, -0.15) is 5.26 Å². The molecule has 8 nitrogen and oxygen atoms in total. The number of methoxy groups -OCH3 is 1. The minimum Gasteiger partial charge on any atom is -0.495 e. The van der Waals surface area contributed by atoms with Gasteiger partial charge in [0, 0.05) is 44.0 Å². The Morgan fingerprint density at radius 2 is 2.11 bits per heavy atom. The molecular weight excluding hydrogens is 456 g/mol. The molecule has 0 spiro atoms. The molecule has 4 rings (SSSR count). The molecule has 3 aromatic rings. The summed E-state index contributed by atoms with van der Waals surface area (Å²) >= 11 is 0. The van der Waals surface area contributed by atoms with Crippen molar-refractivity contribution in [3.63, 3.8) is 0 Å². The molecule has 0 aliphatic carbocycles. The summed E-state index contributed by atoms with van der Waals surface area (Å²) in [5, 5.41) is 10.4. The maximum absolute atomic E-state index is 12.1. The molecule has 0 bridgehead atoms. The Morgan fingerprint density at radius 3 is 2.89 bits per heavy atom. The molecule has 1 saturated heterocycles. The van der Waals surface area contributed by atoms with Crippen molar-refractivity contribution >= 4 is 28.2 Å². The molecule has 1 aliphatic heterocycles. The molecule has 184 valence electrons. The molecular formula is C28H28N4O4. The van der Waals surface area contributed by atoms with E-state index < -0.39 is 0 Å². The first kappa shape index (κ1) is 25.0. The summed E-state index contributed by atoms with van der Waals surface area (Å²) in [6, 6.07) is 17.3. The van der Waals surface area contributed by atoms with Crippen LogP contribution >= 0.6 is 0 Å². The second kappa shape index (κ2) is 12.0. The third-order valence-corrected chi connectivity index (χ3v) is 5.88. The number of para-hydroxylation sites is 1. The van der Waals surface area contributed by atoms with Crippen molar-refractivity contribution in [2.75, 3.05) is 25.7 Å². The number of nitrogens with one attached hydrogen (secondary N) is 1. The highest BCUT2D eigenvalue weighted by Gasteiger charge is 2.16. The fourth-order valence-corrected chi connectivity index (χ4v) is 3.95. The molecule has 1 aliphatic rings. The standard InChI is InChI=1S/C28H28N4O4/c1-32(25-18-21(19-29)30-24-11-5-4-10-23(24)25)22-14-15-26(34-2)20(17-22)9-3-6-12-27(33)31-36-28-13-7-8-16-35-28/h4-5,10-11,14-15,17-18,28H,6-8,12-13,16H2,1-2H3,(H,31,33). The van der Waals surface area contributed by atoms with E-state index in [4.69, 9.17) is 14.3 Å². The highest BCUT2D eigenvalue weighted by atomic mass is 16.8. The fraction of sp³-hybridized carbons (Fsp3) is 0.321. The first-order valence-electron chi connectivity index (χ1n) is 11.9. The molecule has 1 fully saturated rings. The minimum absolute atomic E-state index is 0.210. The number of hydrogen-bond donors (Lipinski definition) is 1. The molecule has 1 amide bonds. The number of carbonyl (C=O) groups excluding carboxylic acids is 1. The van der Waals surface area contributed by atoms with Gasteiger partial charge in [-0.1, -0.05) is 30.0 Å². The lowest BCUT2D eigenvalue weighted by Gasteiger charge is -2.22. The van der Waals surface area contributed by atoms with Gasteiger partial charge in [0.05, 0.1) is 23.9 Å². The highest BCUT2D eigenvalue weighted by molar-refractivity contribution is 5.94. The average molecular weight is 485 g/mol. The number of hydrogen-bond acceptors (Lipinski definition) is 7. The van der Waals surface area contributed by atoms with Gasteiger partial charge in [-0.05, 0) is 43.2 Å². The largest absolute Gasteiger partial charge is 0.495 e. The van der Waals surface area contributed by atoms with Crippen LogP contribution in [0.25, 0.3) is 10.9 Å². The van der Waals surface area contributed by atoms with Crippen molar-refractivity contribution in [1.29, 1.82) is 5.26 Å². The summed E-state index contributed by atoms with van der Waals surface area (Å²) in [5.41, 5.74) is 5.99. The normalized spacial score (nSPS) is 14.9. The molecule has 2 heterocycles. The molecule has 1 unspecified atom stereocenters. The minimum atomic E-state index is -0.375. The maximum Gasteiger partial charge on any atom is 0.244 e. The number of hydroxylamine groups is 1. The zero-order valence-corrected chi connectivity index (χ0v) is 20.4. The van der Waals surface area contributed by atoms with Crippen LogP contribution in [0.2, 0.25) is 0 Å². The molecule has 0 radical (unpaired) electrons. The average Bonchev–Trinajstić information content (AvgIpc) is 2.93. The molecule has 0 saturated carbocycles. The van der Waals surface area contributed by atoms with Crippen LogP contribution in [0.5, 0.6) is 5.75 Å². The van der Waals surface area contributed by atoms with Gasteiger partial charge in [0.2, 0.25) is 5.91 Å². The Balaban J connectivity index is 1.46. The van der Waals surface area contributed by atoms with Crippen LogP contribution in [0.4, 0.5) is 11.4 Å².